The number of amides is 1. The van der Waals surface area contributed by atoms with Crippen molar-refractivity contribution in [3.8, 4) is 10.6 Å². The van der Waals surface area contributed by atoms with Crippen LogP contribution in [0.2, 0.25) is 0 Å². The van der Waals surface area contributed by atoms with E-state index in [1.807, 2.05) is 30.5 Å². The maximum atomic E-state index is 12.6. The lowest BCUT2D eigenvalue weighted by molar-refractivity contribution is -0.143. The Morgan fingerprint density at radius 3 is 2.65 bits per heavy atom. The summed E-state index contributed by atoms with van der Waals surface area (Å²) in [5, 5.41) is 11.9. The van der Waals surface area contributed by atoms with Gasteiger partial charge >= 0.3 is 5.97 Å². The van der Waals surface area contributed by atoms with Crippen molar-refractivity contribution in [2.75, 3.05) is 13.1 Å². The predicted octanol–water partition coefficient (Wildman–Crippen LogP) is 3.06. The Balaban J connectivity index is 1.74. The fourth-order valence-corrected chi connectivity index (χ4v) is 3.58. The number of thiazole rings is 1. The van der Waals surface area contributed by atoms with Gasteiger partial charge in [-0.05, 0) is 31.9 Å². The third-order valence-corrected chi connectivity index (χ3v) is 5.12. The smallest absolute Gasteiger partial charge is 0.306 e. The average Bonchev–Trinajstić information content (AvgIpc) is 3.01. The molecule has 1 aromatic carbocycles. The highest BCUT2D eigenvalue weighted by Gasteiger charge is 2.27. The Bertz CT molecular complexity index is 733. The van der Waals surface area contributed by atoms with Gasteiger partial charge in [0.05, 0.1) is 5.92 Å². The molecule has 2 heterocycles. The van der Waals surface area contributed by atoms with Crippen LogP contribution < -0.4 is 0 Å². The molecule has 1 aliphatic heterocycles. The number of aromatic nitrogens is 1. The second-order valence-electron chi connectivity index (χ2n) is 5.78. The van der Waals surface area contributed by atoms with Crippen molar-refractivity contribution in [2.45, 2.75) is 19.8 Å². The van der Waals surface area contributed by atoms with Gasteiger partial charge in [0.25, 0.3) is 5.91 Å². The van der Waals surface area contributed by atoms with Crippen LogP contribution in [-0.2, 0) is 4.79 Å². The van der Waals surface area contributed by atoms with Gasteiger partial charge in [0.1, 0.15) is 5.01 Å². The van der Waals surface area contributed by atoms with E-state index in [2.05, 4.69) is 4.98 Å². The van der Waals surface area contributed by atoms with Crippen molar-refractivity contribution >= 4 is 23.2 Å². The number of carboxylic acids is 1. The van der Waals surface area contributed by atoms with Crippen LogP contribution in [0.3, 0.4) is 0 Å². The number of hydrogen-bond donors (Lipinski definition) is 1. The van der Waals surface area contributed by atoms with Gasteiger partial charge < -0.3 is 10.0 Å². The molecule has 1 fully saturated rings. The van der Waals surface area contributed by atoms with Crippen LogP contribution in [0.25, 0.3) is 10.6 Å². The number of aliphatic carboxylic acids is 1. The normalized spacial score (nSPS) is 15.6. The summed E-state index contributed by atoms with van der Waals surface area (Å²) < 4.78 is 0. The van der Waals surface area contributed by atoms with Gasteiger partial charge in [0.2, 0.25) is 0 Å². The molecule has 0 bridgehead atoms. The summed E-state index contributed by atoms with van der Waals surface area (Å²) in [6.45, 7) is 2.94. The number of benzene rings is 1. The second-order valence-corrected chi connectivity index (χ2v) is 6.64. The van der Waals surface area contributed by atoms with Gasteiger partial charge in [-0.1, -0.05) is 12.1 Å². The van der Waals surface area contributed by atoms with Crippen LogP contribution >= 0.6 is 11.3 Å². The maximum absolute atomic E-state index is 12.6. The molecular weight excluding hydrogens is 312 g/mol. The molecule has 6 heteroatoms. The Kier molecular flexibility index (Phi) is 4.43. The molecule has 1 saturated heterocycles. The minimum atomic E-state index is -0.766. The molecule has 0 radical (unpaired) electrons. The highest BCUT2D eigenvalue weighted by molar-refractivity contribution is 7.13. The van der Waals surface area contributed by atoms with Crippen molar-refractivity contribution in [1.29, 1.82) is 0 Å². The van der Waals surface area contributed by atoms with Crippen molar-refractivity contribution in [1.82, 2.24) is 9.88 Å². The van der Waals surface area contributed by atoms with Crippen LogP contribution in [0.5, 0.6) is 0 Å². The number of piperidine rings is 1. The molecule has 23 heavy (non-hydrogen) atoms. The Labute approximate surface area is 138 Å². The third-order valence-electron chi connectivity index (χ3n) is 4.11. The van der Waals surface area contributed by atoms with Crippen LogP contribution in [0.1, 0.15) is 28.9 Å². The molecule has 0 saturated carbocycles. The van der Waals surface area contributed by atoms with Crippen molar-refractivity contribution in [2.24, 2.45) is 5.92 Å². The average molecular weight is 330 g/mol. The number of carbonyl (C=O) groups is 2. The van der Waals surface area contributed by atoms with E-state index in [0.29, 0.717) is 31.5 Å². The van der Waals surface area contributed by atoms with Crippen LogP contribution in [-0.4, -0.2) is 40.0 Å². The van der Waals surface area contributed by atoms with E-state index in [9.17, 15) is 9.59 Å². The van der Waals surface area contributed by atoms with E-state index in [4.69, 9.17) is 5.11 Å². The highest BCUT2D eigenvalue weighted by atomic mass is 32.1. The first-order valence-corrected chi connectivity index (χ1v) is 8.47. The fraction of sp³-hybridized carbons (Fsp3) is 0.353. The fourth-order valence-electron chi connectivity index (χ4n) is 2.78. The van der Waals surface area contributed by atoms with E-state index in [1.54, 1.807) is 22.3 Å². The lowest BCUT2D eigenvalue weighted by Crippen LogP contribution is -2.40. The molecule has 0 atom stereocenters. The molecule has 0 unspecified atom stereocenters. The SMILES string of the molecule is Cc1csc(-c2cccc(C(=O)N3CCC(C(=O)O)CC3)c2)n1. The number of aryl methyl sites for hydroxylation is 1. The van der Waals surface area contributed by atoms with Crippen molar-refractivity contribution in [3.63, 3.8) is 0 Å². The van der Waals surface area contributed by atoms with E-state index in [1.165, 1.54) is 0 Å². The van der Waals surface area contributed by atoms with E-state index in [0.717, 1.165) is 16.3 Å². The summed E-state index contributed by atoms with van der Waals surface area (Å²) in [5.41, 5.74) is 2.54. The third kappa shape index (κ3) is 3.42. The van der Waals surface area contributed by atoms with Crippen LogP contribution in [0, 0.1) is 12.8 Å². The summed E-state index contributed by atoms with van der Waals surface area (Å²) in [6, 6.07) is 7.48. The monoisotopic (exact) mass is 330 g/mol. The zero-order valence-electron chi connectivity index (χ0n) is 12.9. The lowest BCUT2D eigenvalue weighted by Gasteiger charge is -2.30. The predicted molar refractivity (Wildman–Crippen MR) is 88.6 cm³/mol. The largest absolute Gasteiger partial charge is 0.481 e. The lowest BCUT2D eigenvalue weighted by atomic mass is 9.96. The minimum absolute atomic E-state index is 0.0380. The van der Waals surface area contributed by atoms with Gasteiger partial charge in [-0.25, -0.2) is 4.98 Å². The molecular formula is C17H18N2O3S. The molecule has 1 aliphatic rings. The molecule has 5 nitrogen and oxygen atoms in total. The quantitative estimate of drug-likeness (QED) is 0.939. The number of carboxylic acid groups (broad SMARTS) is 1. The maximum Gasteiger partial charge on any atom is 0.306 e. The second kappa shape index (κ2) is 6.50. The topological polar surface area (TPSA) is 70.5 Å². The number of rotatable bonds is 3. The first-order valence-electron chi connectivity index (χ1n) is 7.59. The first kappa shape index (κ1) is 15.7. The molecule has 2 aromatic rings. The minimum Gasteiger partial charge on any atom is -0.481 e. The van der Waals surface area contributed by atoms with Gasteiger partial charge in [0, 0.05) is 35.3 Å². The number of likely N-dealkylation sites (tertiary alicyclic amines) is 1. The molecule has 3 rings (SSSR count). The number of carbonyl (C=O) groups excluding carboxylic acids is 1. The summed E-state index contributed by atoms with van der Waals surface area (Å²) in [4.78, 5) is 29.8. The van der Waals surface area contributed by atoms with Gasteiger partial charge in [-0.3, -0.25) is 9.59 Å². The van der Waals surface area contributed by atoms with Crippen molar-refractivity contribution in [3.05, 3.63) is 40.9 Å². The van der Waals surface area contributed by atoms with Crippen molar-refractivity contribution < 1.29 is 14.7 Å². The first-order chi connectivity index (χ1) is 11.0. The Morgan fingerprint density at radius 2 is 2.04 bits per heavy atom. The molecule has 0 spiro atoms. The van der Waals surface area contributed by atoms with E-state index in [-0.39, 0.29) is 11.8 Å². The standard InChI is InChI=1S/C17H18N2O3S/c1-11-10-23-15(18-11)13-3-2-4-14(9-13)16(20)19-7-5-12(6-8-19)17(21)22/h2-4,9-10,12H,5-8H2,1H3,(H,21,22). The van der Waals surface area contributed by atoms with E-state index >= 15 is 0 Å². The van der Waals surface area contributed by atoms with Gasteiger partial charge in [-0.2, -0.15) is 0 Å². The highest BCUT2D eigenvalue weighted by Crippen LogP contribution is 2.25. The van der Waals surface area contributed by atoms with Gasteiger partial charge in [-0.15, -0.1) is 11.3 Å². The molecule has 1 N–H and O–H groups in total. The summed E-state index contributed by atoms with van der Waals surface area (Å²) in [7, 11) is 0. The Morgan fingerprint density at radius 1 is 1.30 bits per heavy atom. The van der Waals surface area contributed by atoms with Crippen LogP contribution in [0.4, 0.5) is 0 Å². The van der Waals surface area contributed by atoms with Crippen LogP contribution in [0.15, 0.2) is 29.6 Å². The number of nitrogens with zero attached hydrogens (tertiary/aromatic N) is 2. The molecule has 1 amide bonds. The summed E-state index contributed by atoms with van der Waals surface area (Å²) in [5.74, 6) is -1.13. The summed E-state index contributed by atoms with van der Waals surface area (Å²) in [6.07, 6.45) is 1.04. The molecule has 1 aromatic heterocycles. The zero-order valence-corrected chi connectivity index (χ0v) is 13.7. The number of hydrogen-bond acceptors (Lipinski definition) is 4. The van der Waals surface area contributed by atoms with E-state index < -0.39 is 5.97 Å². The zero-order chi connectivity index (χ0) is 16.4. The summed E-state index contributed by atoms with van der Waals surface area (Å²) >= 11 is 1.56. The van der Waals surface area contributed by atoms with Gasteiger partial charge in [0.15, 0.2) is 0 Å². The Hall–Kier alpha value is -2.21. The molecule has 120 valence electrons. The molecule has 0 aliphatic carbocycles.